The van der Waals surface area contributed by atoms with Crippen molar-refractivity contribution in [2.45, 2.75) is 12.6 Å². The van der Waals surface area contributed by atoms with Crippen LogP contribution in [-0.4, -0.2) is 69.8 Å². The Labute approximate surface area is 166 Å². The van der Waals surface area contributed by atoms with Gasteiger partial charge in [0.1, 0.15) is 0 Å². The van der Waals surface area contributed by atoms with Crippen molar-refractivity contribution in [1.29, 1.82) is 0 Å². The highest BCUT2D eigenvalue weighted by atomic mass is 16.3. The Morgan fingerprint density at radius 1 is 0.893 bits per heavy atom. The van der Waals surface area contributed by atoms with E-state index in [1.54, 1.807) is 0 Å². The quantitative estimate of drug-likeness (QED) is 0.689. The summed E-state index contributed by atoms with van der Waals surface area (Å²) in [5, 5.41) is 10.6. The summed E-state index contributed by atoms with van der Waals surface area (Å²) in [5.41, 5.74) is 3.31. The Balaban J connectivity index is 1.21. The third-order valence-electron chi connectivity index (χ3n) is 5.34. The number of piperazine rings is 1. The first-order chi connectivity index (χ1) is 13.8. The van der Waals surface area contributed by atoms with Crippen LogP contribution in [0.4, 0.5) is 0 Å². The zero-order chi connectivity index (χ0) is 19.2. The number of aliphatic hydroxyl groups is 1. The number of imidazole rings is 1. The molecule has 1 aromatic heterocycles. The number of aromatic nitrogens is 2. The van der Waals surface area contributed by atoms with Gasteiger partial charge in [-0.25, -0.2) is 4.98 Å². The number of nitrogens with zero attached hydrogens (tertiary/aromatic N) is 4. The monoisotopic (exact) mass is 376 g/mol. The molecule has 0 amide bonds. The molecule has 1 saturated heterocycles. The molecule has 4 rings (SSSR count). The summed E-state index contributed by atoms with van der Waals surface area (Å²) in [4.78, 5) is 9.23. The molecule has 0 saturated carbocycles. The van der Waals surface area contributed by atoms with Crippen molar-refractivity contribution >= 4 is 17.1 Å². The summed E-state index contributed by atoms with van der Waals surface area (Å²) >= 11 is 0. The summed E-state index contributed by atoms with van der Waals surface area (Å²) in [6.45, 7) is 6.36. The third-order valence-corrected chi connectivity index (χ3v) is 5.34. The predicted octanol–water partition coefficient (Wildman–Crippen LogP) is 2.73. The minimum atomic E-state index is -0.387. The maximum absolute atomic E-state index is 10.6. The number of benzene rings is 2. The van der Waals surface area contributed by atoms with E-state index in [-0.39, 0.29) is 6.10 Å². The standard InChI is InChI=1S/C23H28N4O/c28-21(18-27-19-24-22-10-4-5-11-23(22)27)17-26-15-13-25(14-16-26)12-6-9-20-7-2-1-3-8-20/h1-11,19,21,28H,12-18H2. The zero-order valence-electron chi connectivity index (χ0n) is 16.2. The van der Waals surface area contributed by atoms with Crippen LogP contribution in [-0.2, 0) is 6.54 Å². The third kappa shape index (κ3) is 4.87. The molecule has 1 aliphatic rings. The lowest BCUT2D eigenvalue weighted by Gasteiger charge is -2.35. The van der Waals surface area contributed by atoms with E-state index in [0.717, 1.165) is 43.8 Å². The van der Waals surface area contributed by atoms with E-state index in [0.29, 0.717) is 13.1 Å². The largest absolute Gasteiger partial charge is 0.390 e. The van der Waals surface area contributed by atoms with E-state index < -0.39 is 0 Å². The Bertz CT molecular complexity index is 897. The average Bonchev–Trinajstić information content (AvgIpc) is 3.13. The molecule has 5 heteroatoms. The Hall–Kier alpha value is -2.47. The number of para-hydroxylation sites is 2. The molecule has 28 heavy (non-hydrogen) atoms. The maximum Gasteiger partial charge on any atom is 0.0959 e. The number of fused-ring (bicyclic) bond motifs is 1. The van der Waals surface area contributed by atoms with Crippen molar-refractivity contribution in [1.82, 2.24) is 19.4 Å². The molecular weight excluding hydrogens is 348 g/mol. The summed E-state index contributed by atoms with van der Waals surface area (Å²) in [6, 6.07) is 18.5. The van der Waals surface area contributed by atoms with E-state index in [1.165, 1.54) is 5.56 Å². The van der Waals surface area contributed by atoms with Gasteiger partial charge in [-0.15, -0.1) is 0 Å². The molecule has 1 N–H and O–H groups in total. The number of hydrogen-bond donors (Lipinski definition) is 1. The second-order valence-electron chi connectivity index (χ2n) is 7.45. The number of rotatable bonds is 7. The van der Waals surface area contributed by atoms with Crippen LogP contribution in [0.5, 0.6) is 0 Å². The van der Waals surface area contributed by atoms with Gasteiger partial charge in [0.05, 0.1) is 30.0 Å². The van der Waals surface area contributed by atoms with Crippen LogP contribution >= 0.6 is 0 Å². The fraction of sp³-hybridized carbons (Fsp3) is 0.348. The van der Waals surface area contributed by atoms with E-state index in [4.69, 9.17) is 0 Å². The Morgan fingerprint density at radius 2 is 1.61 bits per heavy atom. The Morgan fingerprint density at radius 3 is 2.43 bits per heavy atom. The zero-order valence-corrected chi connectivity index (χ0v) is 16.2. The molecule has 2 aromatic carbocycles. The predicted molar refractivity (Wildman–Crippen MR) is 114 cm³/mol. The Kier molecular flexibility index (Phi) is 6.17. The number of hydrogen-bond acceptors (Lipinski definition) is 4. The molecule has 5 nitrogen and oxygen atoms in total. The van der Waals surface area contributed by atoms with E-state index >= 15 is 0 Å². The molecule has 1 aliphatic heterocycles. The molecule has 2 heterocycles. The van der Waals surface area contributed by atoms with Gasteiger partial charge < -0.3 is 9.67 Å². The van der Waals surface area contributed by atoms with Crippen molar-refractivity contribution in [3.8, 4) is 0 Å². The lowest BCUT2D eigenvalue weighted by Crippen LogP contribution is -2.48. The lowest BCUT2D eigenvalue weighted by atomic mass is 10.2. The van der Waals surface area contributed by atoms with Crippen LogP contribution in [0.2, 0.25) is 0 Å². The second kappa shape index (κ2) is 9.15. The van der Waals surface area contributed by atoms with Crippen LogP contribution in [0, 0.1) is 0 Å². The summed E-state index contributed by atoms with van der Waals surface area (Å²) in [7, 11) is 0. The van der Waals surface area contributed by atoms with Gasteiger partial charge in [-0.1, -0.05) is 54.6 Å². The number of β-amino-alcohol motifs (C(OH)–C–C–N with tert-alkyl or cyclic N) is 1. The summed E-state index contributed by atoms with van der Waals surface area (Å²) in [6.07, 6.45) is 5.86. The van der Waals surface area contributed by atoms with Crippen LogP contribution in [0.1, 0.15) is 5.56 Å². The smallest absolute Gasteiger partial charge is 0.0959 e. The fourth-order valence-corrected chi connectivity index (χ4v) is 3.80. The van der Waals surface area contributed by atoms with Gasteiger partial charge in [0, 0.05) is 39.3 Å². The maximum atomic E-state index is 10.6. The first-order valence-electron chi connectivity index (χ1n) is 10.0. The second-order valence-corrected chi connectivity index (χ2v) is 7.45. The van der Waals surface area contributed by atoms with Crippen molar-refractivity contribution < 1.29 is 5.11 Å². The first kappa shape index (κ1) is 18.9. The van der Waals surface area contributed by atoms with Crippen LogP contribution in [0.3, 0.4) is 0 Å². The number of aliphatic hydroxyl groups excluding tert-OH is 1. The van der Waals surface area contributed by atoms with Crippen molar-refractivity contribution in [3.63, 3.8) is 0 Å². The van der Waals surface area contributed by atoms with Crippen molar-refractivity contribution in [2.24, 2.45) is 0 Å². The average molecular weight is 377 g/mol. The van der Waals surface area contributed by atoms with Gasteiger partial charge in [0.15, 0.2) is 0 Å². The summed E-state index contributed by atoms with van der Waals surface area (Å²) in [5.74, 6) is 0. The van der Waals surface area contributed by atoms with Crippen LogP contribution in [0.25, 0.3) is 17.1 Å². The van der Waals surface area contributed by atoms with Gasteiger partial charge in [-0.2, -0.15) is 0 Å². The fourth-order valence-electron chi connectivity index (χ4n) is 3.80. The highest BCUT2D eigenvalue weighted by Gasteiger charge is 2.19. The van der Waals surface area contributed by atoms with Crippen molar-refractivity contribution in [3.05, 3.63) is 72.6 Å². The van der Waals surface area contributed by atoms with Gasteiger partial charge in [0.25, 0.3) is 0 Å². The van der Waals surface area contributed by atoms with Gasteiger partial charge in [-0.3, -0.25) is 9.80 Å². The minimum Gasteiger partial charge on any atom is -0.390 e. The van der Waals surface area contributed by atoms with E-state index in [2.05, 4.69) is 57.3 Å². The van der Waals surface area contributed by atoms with E-state index in [9.17, 15) is 5.11 Å². The molecule has 1 unspecified atom stereocenters. The van der Waals surface area contributed by atoms with Gasteiger partial charge in [0.2, 0.25) is 0 Å². The summed E-state index contributed by atoms with van der Waals surface area (Å²) < 4.78 is 2.05. The molecule has 0 spiro atoms. The highest BCUT2D eigenvalue weighted by molar-refractivity contribution is 5.74. The van der Waals surface area contributed by atoms with Gasteiger partial charge >= 0.3 is 0 Å². The molecule has 0 bridgehead atoms. The minimum absolute atomic E-state index is 0.387. The highest BCUT2D eigenvalue weighted by Crippen LogP contribution is 2.13. The SMILES string of the molecule is OC(CN1CCN(CC=Cc2ccccc2)CC1)Cn1cnc2ccccc21. The normalized spacial score (nSPS) is 17.5. The topological polar surface area (TPSA) is 44.5 Å². The van der Waals surface area contributed by atoms with Crippen LogP contribution in [0.15, 0.2) is 67.0 Å². The molecular formula is C23H28N4O. The molecule has 0 aliphatic carbocycles. The molecule has 3 aromatic rings. The lowest BCUT2D eigenvalue weighted by molar-refractivity contribution is 0.0681. The first-order valence-corrected chi connectivity index (χ1v) is 10.0. The molecule has 1 atom stereocenters. The van der Waals surface area contributed by atoms with E-state index in [1.807, 2.05) is 35.2 Å². The molecule has 0 radical (unpaired) electrons. The van der Waals surface area contributed by atoms with Gasteiger partial charge in [-0.05, 0) is 17.7 Å². The van der Waals surface area contributed by atoms with Crippen molar-refractivity contribution in [2.75, 3.05) is 39.3 Å². The molecule has 1 fully saturated rings. The molecule has 146 valence electrons. The van der Waals surface area contributed by atoms with Crippen LogP contribution < -0.4 is 0 Å².